The molecule has 1 N–H and O–H groups in total. The lowest BCUT2D eigenvalue weighted by Crippen LogP contribution is -2.32. The number of alkyl halides is 3. The number of para-hydroxylation sites is 1. The van der Waals surface area contributed by atoms with Crippen LogP contribution in [0.2, 0.25) is 0 Å². The van der Waals surface area contributed by atoms with Gasteiger partial charge in [-0.25, -0.2) is 4.79 Å². The molecule has 1 amide bonds. The van der Waals surface area contributed by atoms with Crippen LogP contribution in [0.3, 0.4) is 0 Å². The third-order valence-electron chi connectivity index (χ3n) is 4.07. The SMILES string of the molecule is Cc1cccc(OCC(=O)O[C@@H](C)C(=O)Nc2ccccc2C(F)(F)F)c1C. The van der Waals surface area contributed by atoms with Crippen molar-refractivity contribution < 1.29 is 32.2 Å². The van der Waals surface area contributed by atoms with Crippen LogP contribution >= 0.6 is 0 Å². The molecule has 5 nitrogen and oxygen atoms in total. The molecule has 0 spiro atoms. The molecule has 28 heavy (non-hydrogen) atoms. The molecule has 0 aliphatic rings. The van der Waals surface area contributed by atoms with Gasteiger partial charge in [0.15, 0.2) is 12.7 Å². The van der Waals surface area contributed by atoms with Gasteiger partial charge in [0.25, 0.3) is 5.91 Å². The van der Waals surface area contributed by atoms with Crippen molar-refractivity contribution in [1.82, 2.24) is 0 Å². The summed E-state index contributed by atoms with van der Waals surface area (Å²) in [6, 6.07) is 9.91. The first kappa shape index (κ1) is 21.3. The minimum Gasteiger partial charge on any atom is -0.482 e. The molecule has 2 aromatic rings. The third kappa shape index (κ3) is 5.48. The van der Waals surface area contributed by atoms with Crippen LogP contribution in [0.25, 0.3) is 0 Å². The molecule has 0 heterocycles. The van der Waals surface area contributed by atoms with Crippen molar-refractivity contribution in [3.8, 4) is 5.75 Å². The van der Waals surface area contributed by atoms with E-state index in [1.807, 2.05) is 19.9 Å². The highest BCUT2D eigenvalue weighted by atomic mass is 19.4. The number of anilines is 1. The summed E-state index contributed by atoms with van der Waals surface area (Å²) in [5.41, 5.74) is 0.460. The molecule has 1 atom stereocenters. The van der Waals surface area contributed by atoms with Crippen molar-refractivity contribution in [2.45, 2.75) is 33.1 Å². The van der Waals surface area contributed by atoms with Crippen LogP contribution < -0.4 is 10.1 Å². The number of hydrogen-bond donors (Lipinski definition) is 1. The Hall–Kier alpha value is -3.03. The van der Waals surface area contributed by atoms with Crippen LogP contribution in [0.1, 0.15) is 23.6 Å². The zero-order valence-electron chi connectivity index (χ0n) is 15.6. The van der Waals surface area contributed by atoms with Crippen molar-refractivity contribution in [2.75, 3.05) is 11.9 Å². The van der Waals surface area contributed by atoms with Crippen molar-refractivity contribution in [2.24, 2.45) is 0 Å². The lowest BCUT2D eigenvalue weighted by Gasteiger charge is -2.17. The molecular weight excluding hydrogens is 375 g/mol. The smallest absolute Gasteiger partial charge is 0.418 e. The second kappa shape index (κ2) is 8.77. The maximum atomic E-state index is 13.0. The van der Waals surface area contributed by atoms with Gasteiger partial charge in [0.1, 0.15) is 5.75 Å². The number of aryl methyl sites for hydroxylation is 1. The maximum absolute atomic E-state index is 13.0. The molecule has 0 fully saturated rings. The minimum absolute atomic E-state index is 0.408. The van der Waals surface area contributed by atoms with Crippen molar-refractivity contribution in [3.63, 3.8) is 0 Å². The molecule has 0 aromatic heterocycles. The fraction of sp³-hybridized carbons (Fsp3) is 0.300. The predicted octanol–water partition coefficient (Wildman–Crippen LogP) is 4.27. The van der Waals surface area contributed by atoms with E-state index in [1.54, 1.807) is 12.1 Å². The van der Waals surface area contributed by atoms with E-state index in [0.717, 1.165) is 23.3 Å². The Labute approximate surface area is 160 Å². The number of amides is 1. The average molecular weight is 395 g/mol. The molecule has 0 aliphatic carbocycles. The van der Waals surface area contributed by atoms with Gasteiger partial charge in [0.2, 0.25) is 0 Å². The normalized spacial score (nSPS) is 12.2. The number of carbonyl (C=O) groups excluding carboxylic acids is 2. The van der Waals surface area contributed by atoms with E-state index in [0.29, 0.717) is 5.75 Å². The minimum atomic E-state index is -4.62. The third-order valence-corrected chi connectivity index (χ3v) is 4.07. The van der Waals surface area contributed by atoms with Gasteiger partial charge in [-0.15, -0.1) is 0 Å². The first-order chi connectivity index (χ1) is 13.1. The summed E-state index contributed by atoms with van der Waals surface area (Å²) in [5, 5.41) is 2.14. The topological polar surface area (TPSA) is 64.6 Å². The number of carbonyl (C=O) groups is 2. The molecule has 0 unspecified atom stereocenters. The summed E-state index contributed by atoms with van der Waals surface area (Å²) in [7, 11) is 0. The summed E-state index contributed by atoms with van der Waals surface area (Å²) in [6.07, 6.45) is -5.92. The molecule has 0 bridgehead atoms. The molecule has 2 rings (SSSR count). The molecule has 0 aliphatic heterocycles. The largest absolute Gasteiger partial charge is 0.482 e. The molecular formula is C20H20F3NO4. The van der Waals surface area contributed by atoms with Gasteiger partial charge < -0.3 is 14.8 Å². The number of halogens is 3. The summed E-state index contributed by atoms with van der Waals surface area (Å²) in [6.45, 7) is 4.57. The maximum Gasteiger partial charge on any atom is 0.418 e. The van der Waals surface area contributed by atoms with E-state index < -0.39 is 42.0 Å². The van der Waals surface area contributed by atoms with Crippen LogP contribution in [0.15, 0.2) is 42.5 Å². The van der Waals surface area contributed by atoms with Gasteiger partial charge in [-0.2, -0.15) is 13.2 Å². The average Bonchev–Trinajstić information content (AvgIpc) is 2.62. The van der Waals surface area contributed by atoms with E-state index in [1.165, 1.54) is 19.1 Å². The Kier molecular flexibility index (Phi) is 6.66. The number of nitrogens with one attached hydrogen (secondary N) is 1. The molecule has 8 heteroatoms. The van der Waals surface area contributed by atoms with Crippen LogP contribution in [-0.2, 0) is 20.5 Å². The van der Waals surface area contributed by atoms with Gasteiger partial charge in [-0.05, 0) is 50.1 Å². The summed E-state index contributed by atoms with van der Waals surface area (Å²) in [5.74, 6) is -1.18. The number of hydrogen-bond acceptors (Lipinski definition) is 4. The monoisotopic (exact) mass is 395 g/mol. The zero-order chi connectivity index (χ0) is 20.9. The summed E-state index contributed by atoms with van der Waals surface area (Å²) >= 11 is 0. The van der Waals surface area contributed by atoms with Crippen LogP contribution in [0.5, 0.6) is 5.75 Å². The number of ether oxygens (including phenoxy) is 2. The molecule has 0 saturated carbocycles. The van der Waals surface area contributed by atoms with Gasteiger partial charge in [0.05, 0.1) is 11.3 Å². The standard InChI is InChI=1S/C20H20F3NO4/c1-12-7-6-10-17(13(12)2)27-11-18(25)28-14(3)19(26)24-16-9-5-4-8-15(16)20(21,22)23/h4-10,14H,11H2,1-3H3,(H,24,26)/t14-/m0/s1. The lowest BCUT2D eigenvalue weighted by atomic mass is 10.1. The molecule has 2 aromatic carbocycles. The first-order valence-corrected chi connectivity index (χ1v) is 8.45. The van der Waals surface area contributed by atoms with Crippen LogP contribution in [0.4, 0.5) is 18.9 Å². The Morgan fingerprint density at radius 3 is 2.43 bits per heavy atom. The fourth-order valence-corrected chi connectivity index (χ4v) is 2.38. The number of esters is 1. The Balaban J connectivity index is 1.94. The highest BCUT2D eigenvalue weighted by Crippen LogP contribution is 2.34. The van der Waals surface area contributed by atoms with Gasteiger partial charge >= 0.3 is 12.1 Å². The van der Waals surface area contributed by atoms with Crippen LogP contribution in [0, 0.1) is 13.8 Å². The van der Waals surface area contributed by atoms with E-state index >= 15 is 0 Å². The van der Waals surface area contributed by atoms with E-state index in [9.17, 15) is 22.8 Å². The second-order valence-corrected chi connectivity index (χ2v) is 6.15. The molecule has 150 valence electrons. The predicted molar refractivity (Wildman–Crippen MR) is 97.0 cm³/mol. The van der Waals surface area contributed by atoms with E-state index in [2.05, 4.69) is 5.32 Å². The quantitative estimate of drug-likeness (QED) is 0.742. The number of benzene rings is 2. The van der Waals surface area contributed by atoms with Gasteiger partial charge in [0, 0.05) is 0 Å². The highest BCUT2D eigenvalue weighted by Gasteiger charge is 2.34. The molecule has 0 saturated heterocycles. The summed E-state index contributed by atoms with van der Waals surface area (Å²) in [4.78, 5) is 24.0. The van der Waals surface area contributed by atoms with Crippen molar-refractivity contribution >= 4 is 17.6 Å². The molecule has 0 radical (unpaired) electrons. The van der Waals surface area contributed by atoms with Crippen LogP contribution in [-0.4, -0.2) is 24.6 Å². The van der Waals surface area contributed by atoms with Gasteiger partial charge in [-0.3, -0.25) is 4.79 Å². The lowest BCUT2D eigenvalue weighted by molar-refractivity contribution is -0.155. The summed E-state index contributed by atoms with van der Waals surface area (Å²) < 4.78 is 49.3. The highest BCUT2D eigenvalue weighted by molar-refractivity contribution is 5.95. The zero-order valence-corrected chi connectivity index (χ0v) is 15.6. The van der Waals surface area contributed by atoms with E-state index in [-0.39, 0.29) is 0 Å². The second-order valence-electron chi connectivity index (χ2n) is 6.15. The number of rotatable bonds is 6. The Bertz CT molecular complexity index is 865. The first-order valence-electron chi connectivity index (χ1n) is 8.45. The van der Waals surface area contributed by atoms with Crippen molar-refractivity contribution in [1.29, 1.82) is 0 Å². The van der Waals surface area contributed by atoms with Gasteiger partial charge in [-0.1, -0.05) is 24.3 Å². The Morgan fingerprint density at radius 1 is 1.07 bits per heavy atom. The van der Waals surface area contributed by atoms with Crippen molar-refractivity contribution in [3.05, 3.63) is 59.2 Å². The van der Waals surface area contributed by atoms with E-state index in [4.69, 9.17) is 9.47 Å². The fourth-order valence-electron chi connectivity index (χ4n) is 2.38. The Morgan fingerprint density at radius 2 is 1.75 bits per heavy atom.